The van der Waals surface area contributed by atoms with E-state index in [1.807, 2.05) is 13.1 Å². The summed E-state index contributed by atoms with van der Waals surface area (Å²) in [5.74, 6) is 0. The summed E-state index contributed by atoms with van der Waals surface area (Å²) in [6, 6.07) is 10.5. The molecule has 0 amide bonds. The van der Waals surface area contributed by atoms with Crippen LogP contribution in [0.25, 0.3) is 0 Å². The Morgan fingerprint density at radius 3 is 2.53 bits per heavy atom. The summed E-state index contributed by atoms with van der Waals surface area (Å²) in [5.41, 5.74) is 6.94. The van der Waals surface area contributed by atoms with Gasteiger partial charge in [0.1, 0.15) is 0 Å². The van der Waals surface area contributed by atoms with Crippen LogP contribution in [0.4, 0.5) is 0 Å². The minimum absolute atomic E-state index is 0.719. The van der Waals surface area contributed by atoms with Crippen molar-refractivity contribution in [1.82, 2.24) is 10.2 Å². The van der Waals surface area contributed by atoms with Gasteiger partial charge in [-0.25, -0.2) is 0 Å². The highest BCUT2D eigenvalue weighted by Crippen LogP contribution is 2.03. The van der Waals surface area contributed by atoms with E-state index in [2.05, 4.69) is 34.5 Å². The van der Waals surface area contributed by atoms with Crippen molar-refractivity contribution in [2.45, 2.75) is 6.54 Å². The molecule has 1 aromatic carbocycles. The monoisotopic (exact) mass is 207 g/mol. The quantitative estimate of drug-likeness (QED) is 0.690. The Morgan fingerprint density at radius 2 is 1.93 bits per heavy atom. The molecule has 0 aliphatic carbocycles. The largest absolute Gasteiger partial charge is 0.329 e. The number of nitrogens with two attached hydrogens (primary N) is 1. The summed E-state index contributed by atoms with van der Waals surface area (Å²) in [7, 11) is 1.98. The Labute approximate surface area is 92.3 Å². The fourth-order valence-corrected chi connectivity index (χ4v) is 1.56. The SMILES string of the molecule is CNCCN(CCN)Cc1ccccc1. The van der Waals surface area contributed by atoms with E-state index in [0.29, 0.717) is 0 Å². The Hall–Kier alpha value is -0.900. The molecule has 3 nitrogen and oxygen atoms in total. The van der Waals surface area contributed by atoms with Crippen molar-refractivity contribution in [3.05, 3.63) is 35.9 Å². The molecule has 0 aromatic heterocycles. The summed E-state index contributed by atoms with van der Waals surface area (Å²) in [6.07, 6.45) is 0. The maximum Gasteiger partial charge on any atom is 0.0234 e. The van der Waals surface area contributed by atoms with Gasteiger partial charge in [-0.1, -0.05) is 30.3 Å². The summed E-state index contributed by atoms with van der Waals surface area (Å²) in [6.45, 7) is 4.71. The molecule has 84 valence electrons. The van der Waals surface area contributed by atoms with Crippen LogP contribution in [0.3, 0.4) is 0 Å². The number of benzene rings is 1. The minimum Gasteiger partial charge on any atom is -0.329 e. The first-order chi connectivity index (χ1) is 7.36. The third kappa shape index (κ3) is 4.93. The lowest BCUT2D eigenvalue weighted by atomic mass is 10.2. The van der Waals surface area contributed by atoms with E-state index in [1.54, 1.807) is 0 Å². The minimum atomic E-state index is 0.719. The van der Waals surface area contributed by atoms with Crippen LogP contribution >= 0.6 is 0 Å². The van der Waals surface area contributed by atoms with Crippen molar-refractivity contribution in [2.75, 3.05) is 33.2 Å². The van der Waals surface area contributed by atoms with Gasteiger partial charge >= 0.3 is 0 Å². The molecule has 3 heteroatoms. The molecule has 3 N–H and O–H groups in total. The smallest absolute Gasteiger partial charge is 0.0234 e. The van der Waals surface area contributed by atoms with Gasteiger partial charge < -0.3 is 11.1 Å². The Morgan fingerprint density at radius 1 is 1.20 bits per heavy atom. The van der Waals surface area contributed by atoms with Crippen LogP contribution < -0.4 is 11.1 Å². The predicted octanol–water partition coefficient (Wildman–Crippen LogP) is 0.667. The highest BCUT2D eigenvalue weighted by Gasteiger charge is 2.03. The van der Waals surface area contributed by atoms with Crippen LogP contribution in [-0.4, -0.2) is 38.1 Å². The number of rotatable bonds is 7. The Balaban J connectivity index is 2.43. The number of hydrogen-bond donors (Lipinski definition) is 2. The van der Waals surface area contributed by atoms with Gasteiger partial charge in [0.05, 0.1) is 0 Å². The highest BCUT2D eigenvalue weighted by atomic mass is 15.1. The van der Waals surface area contributed by atoms with E-state index in [-0.39, 0.29) is 0 Å². The standard InChI is InChI=1S/C12H21N3/c1-14-8-10-15(9-7-13)11-12-5-3-2-4-6-12/h2-6,14H,7-11,13H2,1H3. The second-order valence-corrected chi connectivity index (χ2v) is 3.65. The average Bonchev–Trinajstić information content (AvgIpc) is 2.28. The van der Waals surface area contributed by atoms with Gasteiger partial charge in [-0.05, 0) is 12.6 Å². The zero-order chi connectivity index (χ0) is 10.9. The lowest BCUT2D eigenvalue weighted by molar-refractivity contribution is 0.275. The summed E-state index contributed by atoms with van der Waals surface area (Å²) < 4.78 is 0. The molecule has 0 radical (unpaired) electrons. The molecule has 0 saturated carbocycles. The first-order valence-corrected chi connectivity index (χ1v) is 5.47. The third-order valence-electron chi connectivity index (χ3n) is 2.37. The van der Waals surface area contributed by atoms with Gasteiger partial charge in [0.15, 0.2) is 0 Å². The molecule has 0 unspecified atom stereocenters. The zero-order valence-electron chi connectivity index (χ0n) is 9.45. The van der Waals surface area contributed by atoms with E-state index >= 15 is 0 Å². The summed E-state index contributed by atoms with van der Waals surface area (Å²) in [5, 5.41) is 3.16. The van der Waals surface area contributed by atoms with Crippen LogP contribution in [0.2, 0.25) is 0 Å². The van der Waals surface area contributed by atoms with Crippen molar-refractivity contribution in [3.63, 3.8) is 0 Å². The topological polar surface area (TPSA) is 41.3 Å². The van der Waals surface area contributed by atoms with E-state index in [1.165, 1.54) is 5.56 Å². The Bertz CT molecular complexity index is 248. The molecule has 15 heavy (non-hydrogen) atoms. The molecule has 0 bridgehead atoms. The van der Waals surface area contributed by atoms with Crippen LogP contribution in [0.15, 0.2) is 30.3 Å². The Kier molecular flexibility index (Phi) is 6.00. The molecule has 1 rings (SSSR count). The van der Waals surface area contributed by atoms with Gasteiger partial charge in [-0.15, -0.1) is 0 Å². The van der Waals surface area contributed by atoms with Gasteiger partial charge in [0.25, 0.3) is 0 Å². The van der Waals surface area contributed by atoms with Gasteiger partial charge in [0, 0.05) is 32.7 Å². The van der Waals surface area contributed by atoms with Crippen LogP contribution in [0, 0.1) is 0 Å². The normalized spacial score (nSPS) is 10.9. The molecule has 0 spiro atoms. The highest BCUT2D eigenvalue weighted by molar-refractivity contribution is 5.14. The maximum absolute atomic E-state index is 5.59. The number of nitrogens with zero attached hydrogens (tertiary/aromatic N) is 1. The molecule has 0 atom stereocenters. The van der Waals surface area contributed by atoms with Gasteiger partial charge in [-0.3, -0.25) is 4.90 Å². The second-order valence-electron chi connectivity index (χ2n) is 3.65. The van der Waals surface area contributed by atoms with Crippen molar-refractivity contribution in [3.8, 4) is 0 Å². The molecule has 0 saturated heterocycles. The van der Waals surface area contributed by atoms with Crippen LogP contribution in [0.1, 0.15) is 5.56 Å². The molecule has 0 heterocycles. The van der Waals surface area contributed by atoms with Crippen molar-refractivity contribution >= 4 is 0 Å². The first-order valence-electron chi connectivity index (χ1n) is 5.47. The number of hydrogen-bond acceptors (Lipinski definition) is 3. The molecular formula is C12H21N3. The number of likely N-dealkylation sites (N-methyl/N-ethyl adjacent to an activating group) is 1. The zero-order valence-corrected chi connectivity index (χ0v) is 9.45. The van der Waals surface area contributed by atoms with E-state index in [9.17, 15) is 0 Å². The lowest BCUT2D eigenvalue weighted by Crippen LogP contribution is -2.34. The fraction of sp³-hybridized carbons (Fsp3) is 0.500. The molecule has 0 aliphatic heterocycles. The molecule has 0 fully saturated rings. The third-order valence-corrected chi connectivity index (χ3v) is 2.37. The van der Waals surface area contributed by atoms with Crippen LogP contribution in [0.5, 0.6) is 0 Å². The van der Waals surface area contributed by atoms with Crippen LogP contribution in [-0.2, 0) is 6.54 Å². The van der Waals surface area contributed by atoms with E-state index in [0.717, 1.165) is 32.7 Å². The molecule has 0 aliphatic rings. The van der Waals surface area contributed by atoms with Crippen molar-refractivity contribution in [2.24, 2.45) is 5.73 Å². The van der Waals surface area contributed by atoms with Crippen molar-refractivity contribution < 1.29 is 0 Å². The van der Waals surface area contributed by atoms with Gasteiger partial charge in [0.2, 0.25) is 0 Å². The first kappa shape index (κ1) is 12.2. The lowest BCUT2D eigenvalue weighted by Gasteiger charge is -2.21. The van der Waals surface area contributed by atoms with E-state index in [4.69, 9.17) is 5.73 Å². The fourth-order valence-electron chi connectivity index (χ4n) is 1.56. The van der Waals surface area contributed by atoms with Gasteiger partial charge in [-0.2, -0.15) is 0 Å². The number of nitrogens with one attached hydrogen (secondary N) is 1. The summed E-state index contributed by atoms with van der Waals surface area (Å²) in [4.78, 5) is 2.37. The summed E-state index contributed by atoms with van der Waals surface area (Å²) >= 11 is 0. The average molecular weight is 207 g/mol. The molecular weight excluding hydrogens is 186 g/mol. The second kappa shape index (κ2) is 7.40. The predicted molar refractivity (Wildman–Crippen MR) is 64.7 cm³/mol. The van der Waals surface area contributed by atoms with E-state index < -0.39 is 0 Å². The molecule has 1 aromatic rings. The maximum atomic E-state index is 5.59. The van der Waals surface area contributed by atoms with Crippen molar-refractivity contribution in [1.29, 1.82) is 0 Å².